The van der Waals surface area contributed by atoms with Crippen LogP contribution in [-0.4, -0.2) is 27.7 Å². The molecular weight excluding hydrogens is 532 g/mol. The number of anilines is 1. The molecule has 2 atom stereocenters. The van der Waals surface area contributed by atoms with Gasteiger partial charge in [-0.05, 0) is 91.9 Å². The fourth-order valence-electron chi connectivity index (χ4n) is 5.17. The lowest BCUT2D eigenvalue weighted by atomic mass is 10.0. The summed E-state index contributed by atoms with van der Waals surface area (Å²) in [7, 11) is 1.39. The Morgan fingerprint density at radius 1 is 0.878 bits per heavy atom. The van der Waals surface area contributed by atoms with Gasteiger partial charge in [0, 0.05) is 23.8 Å². The number of ether oxygens (including phenoxy) is 2. The second kappa shape index (κ2) is 11.3. The summed E-state index contributed by atoms with van der Waals surface area (Å²) in [5, 5.41) is 4.08. The molecule has 5 aromatic rings. The van der Waals surface area contributed by atoms with Crippen LogP contribution >= 0.6 is 12.2 Å². The van der Waals surface area contributed by atoms with Crippen LogP contribution in [0, 0.1) is 6.92 Å². The molecule has 3 aromatic carbocycles. The summed E-state index contributed by atoms with van der Waals surface area (Å²) in [6, 6.07) is 32.6. The Balaban J connectivity index is 1.41. The summed E-state index contributed by atoms with van der Waals surface area (Å²) >= 11 is 5.92. The number of aromatic nitrogens is 2. The Bertz CT molecular complexity index is 1680. The van der Waals surface area contributed by atoms with Crippen LogP contribution in [0.5, 0.6) is 11.5 Å². The molecule has 8 heteroatoms. The number of carbonyl (C=O) groups excluding carboxylic acids is 1. The number of rotatable bonds is 7. The van der Waals surface area contributed by atoms with Gasteiger partial charge < -0.3 is 24.3 Å². The molecular formula is C33H28N4O3S. The maximum Gasteiger partial charge on any atom is 0.339 e. The predicted molar refractivity (Wildman–Crippen MR) is 163 cm³/mol. The third kappa shape index (κ3) is 5.17. The summed E-state index contributed by atoms with van der Waals surface area (Å²) in [6.07, 6.45) is 3.73. The van der Waals surface area contributed by atoms with Gasteiger partial charge in [0.05, 0.1) is 30.1 Å². The minimum atomic E-state index is -0.400. The van der Waals surface area contributed by atoms with Crippen molar-refractivity contribution >= 4 is 29.0 Å². The average Bonchev–Trinajstić information content (AvgIpc) is 3.63. The predicted octanol–water partition coefficient (Wildman–Crippen LogP) is 6.94. The average molecular weight is 561 g/mol. The van der Waals surface area contributed by atoms with E-state index in [4.69, 9.17) is 21.7 Å². The number of para-hydroxylation sites is 1. The standard InChI is InChI=1S/C33H28N4O3S/c1-22-12-16-24(17-13-22)40-25-18-14-23(15-19-25)37-31(30(35-33(37)41)27-9-5-6-20-34-27)29-11-7-21-36(29)28-10-4-3-8-26(28)32(38)39-2/h3-21,30-31H,1-2H3,(H,35,41)/t30-,31-/m1/s1. The van der Waals surface area contributed by atoms with E-state index in [1.165, 1.54) is 12.7 Å². The number of hydrogen-bond donors (Lipinski definition) is 1. The van der Waals surface area contributed by atoms with E-state index < -0.39 is 5.97 Å². The summed E-state index contributed by atoms with van der Waals surface area (Å²) < 4.78 is 13.2. The molecule has 0 aliphatic carbocycles. The van der Waals surface area contributed by atoms with Crippen molar-refractivity contribution in [1.82, 2.24) is 14.9 Å². The summed E-state index contributed by atoms with van der Waals surface area (Å²) in [5.74, 6) is 1.10. The number of hydrogen-bond acceptors (Lipinski definition) is 5. The molecule has 0 bridgehead atoms. The first kappa shape index (κ1) is 26.3. The molecule has 0 unspecified atom stereocenters. The van der Waals surface area contributed by atoms with Crippen molar-refractivity contribution < 1.29 is 14.3 Å². The minimum Gasteiger partial charge on any atom is -0.465 e. The molecule has 1 saturated heterocycles. The molecule has 7 nitrogen and oxygen atoms in total. The fraction of sp³-hybridized carbons (Fsp3) is 0.121. The quantitative estimate of drug-likeness (QED) is 0.171. The molecule has 0 amide bonds. The van der Waals surface area contributed by atoms with Crippen LogP contribution < -0.4 is 15.0 Å². The van der Waals surface area contributed by atoms with Crippen molar-refractivity contribution in [3.05, 3.63) is 138 Å². The first-order chi connectivity index (χ1) is 20.0. The van der Waals surface area contributed by atoms with Crippen molar-refractivity contribution in [2.24, 2.45) is 0 Å². The number of nitrogens with zero attached hydrogens (tertiary/aromatic N) is 3. The van der Waals surface area contributed by atoms with Crippen molar-refractivity contribution in [3.8, 4) is 17.2 Å². The molecule has 1 aliphatic heterocycles. The van der Waals surface area contributed by atoms with E-state index in [1.54, 1.807) is 12.3 Å². The van der Waals surface area contributed by atoms with Crippen LogP contribution in [0.4, 0.5) is 5.69 Å². The first-order valence-corrected chi connectivity index (χ1v) is 13.6. The Hall–Kier alpha value is -4.95. The largest absolute Gasteiger partial charge is 0.465 e. The first-order valence-electron chi connectivity index (χ1n) is 13.2. The second-order valence-corrected chi connectivity index (χ2v) is 10.1. The maximum atomic E-state index is 12.7. The van der Waals surface area contributed by atoms with Crippen LogP contribution in [0.1, 0.15) is 39.4 Å². The highest BCUT2D eigenvalue weighted by Gasteiger charge is 2.42. The van der Waals surface area contributed by atoms with Crippen LogP contribution in [-0.2, 0) is 4.74 Å². The van der Waals surface area contributed by atoms with E-state index >= 15 is 0 Å². The lowest BCUT2D eigenvalue weighted by Crippen LogP contribution is -2.30. The Morgan fingerprint density at radius 3 is 2.29 bits per heavy atom. The highest BCUT2D eigenvalue weighted by Crippen LogP contribution is 2.43. The van der Waals surface area contributed by atoms with Gasteiger partial charge in [-0.1, -0.05) is 35.9 Å². The lowest BCUT2D eigenvalue weighted by Gasteiger charge is -2.29. The lowest BCUT2D eigenvalue weighted by molar-refractivity contribution is 0.0600. The molecule has 6 rings (SSSR count). The zero-order chi connectivity index (χ0) is 28.3. The Labute approximate surface area is 244 Å². The zero-order valence-electron chi connectivity index (χ0n) is 22.6. The van der Waals surface area contributed by atoms with Crippen LogP contribution in [0.25, 0.3) is 5.69 Å². The SMILES string of the molecule is COC(=O)c1ccccc1-n1cccc1[C@@H]1[C@@H](c2ccccn2)NC(=S)N1c1ccc(Oc2ccc(C)cc2)cc1. The van der Waals surface area contributed by atoms with E-state index in [-0.39, 0.29) is 12.1 Å². The maximum absolute atomic E-state index is 12.7. The zero-order valence-corrected chi connectivity index (χ0v) is 23.4. The Morgan fingerprint density at radius 2 is 1.59 bits per heavy atom. The van der Waals surface area contributed by atoms with Crippen molar-refractivity contribution in [1.29, 1.82) is 0 Å². The molecule has 0 radical (unpaired) electrons. The number of esters is 1. The molecule has 41 heavy (non-hydrogen) atoms. The molecule has 1 N–H and O–H groups in total. The van der Waals surface area contributed by atoms with E-state index in [2.05, 4.69) is 15.2 Å². The van der Waals surface area contributed by atoms with Crippen molar-refractivity contribution in [2.45, 2.75) is 19.0 Å². The molecule has 204 valence electrons. The van der Waals surface area contributed by atoms with Gasteiger partial charge in [-0.25, -0.2) is 4.79 Å². The normalized spacial score (nSPS) is 16.3. The number of nitrogens with one attached hydrogen (secondary N) is 1. The van der Waals surface area contributed by atoms with Gasteiger partial charge in [0.15, 0.2) is 5.11 Å². The summed E-state index contributed by atoms with van der Waals surface area (Å²) in [5.41, 5.74) is 5.06. The van der Waals surface area contributed by atoms with E-state index in [0.29, 0.717) is 10.7 Å². The minimum absolute atomic E-state index is 0.244. The van der Waals surface area contributed by atoms with Gasteiger partial charge >= 0.3 is 5.97 Å². The molecule has 0 saturated carbocycles. The van der Waals surface area contributed by atoms with E-state index in [9.17, 15) is 4.79 Å². The Kier molecular flexibility index (Phi) is 7.22. The monoisotopic (exact) mass is 560 g/mol. The molecule has 1 aliphatic rings. The van der Waals surface area contributed by atoms with Crippen LogP contribution in [0.15, 0.2) is 116 Å². The van der Waals surface area contributed by atoms with Crippen molar-refractivity contribution in [3.63, 3.8) is 0 Å². The highest BCUT2D eigenvalue weighted by molar-refractivity contribution is 7.80. The number of aryl methyl sites for hydroxylation is 1. The smallest absolute Gasteiger partial charge is 0.339 e. The number of carbonyl (C=O) groups is 1. The van der Waals surface area contributed by atoms with Gasteiger partial charge in [-0.15, -0.1) is 0 Å². The molecule has 2 aromatic heterocycles. The fourth-order valence-corrected chi connectivity index (χ4v) is 5.52. The third-order valence-corrected chi connectivity index (χ3v) is 7.44. The summed E-state index contributed by atoms with van der Waals surface area (Å²) in [6.45, 7) is 2.05. The molecule has 3 heterocycles. The van der Waals surface area contributed by atoms with Crippen LogP contribution in [0.2, 0.25) is 0 Å². The third-order valence-electron chi connectivity index (χ3n) is 7.12. The van der Waals surface area contributed by atoms with Gasteiger partial charge in [-0.2, -0.15) is 0 Å². The molecule has 0 spiro atoms. The topological polar surface area (TPSA) is 68.6 Å². The van der Waals surface area contributed by atoms with Gasteiger partial charge in [-0.3, -0.25) is 4.98 Å². The number of benzene rings is 3. The van der Waals surface area contributed by atoms with Gasteiger partial charge in [0.1, 0.15) is 17.5 Å². The van der Waals surface area contributed by atoms with Gasteiger partial charge in [0.25, 0.3) is 0 Å². The summed E-state index contributed by atoms with van der Waals surface area (Å²) in [4.78, 5) is 19.4. The number of pyridine rings is 1. The molecule has 1 fully saturated rings. The van der Waals surface area contributed by atoms with E-state index in [0.717, 1.165) is 34.3 Å². The van der Waals surface area contributed by atoms with Gasteiger partial charge in [0.2, 0.25) is 0 Å². The van der Waals surface area contributed by atoms with Crippen molar-refractivity contribution in [2.75, 3.05) is 12.0 Å². The highest BCUT2D eigenvalue weighted by atomic mass is 32.1. The number of thiocarbonyl (C=S) groups is 1. The number of methoxy groups -OCH3 is 1. The van der Waals surface area contributed by atoms with E-state index in [1.807, 2.05) is 115 Å². The second-order valence-electron chi connectivity index (χ2n) is 9.72. The van der Waals surface area contributed by atoms with Crippen LogP contribution in [0.3, 0.4) is 0 Å².